The molecule has 7 heteroatoms. The zero-order valence-electron chi connectivity index (χ0n) is 16.2. The molecule has 5 nitrogen and oxygen atoms in total. The number of aliphatic imine (C=N–C) groups is 1. The molecule has 0 aliphatic rings. The van der Waals surface area contributed by atoms with Crippen LogP contribution in [0.25, 0.3) is 0 Å². The molecule has 0 radical (unpaired) electrons. The normalized spacial score (nSPS) is 10.6. The summed E-state index contributed by atoms with van der Waals surface area (Å²) in [6, 6.07) is 12.6. The highest BCUT2D eigenvalue weighted by Gasteiger charge is 2.06. The molecular weight excluding hydrogens is 472 g/mol. The van der Waals surface area contributed by atoms with E-state index in [1.165, 1.54) is 13.2 Å². The number of para-hydroxylation sites is 1. The van der Waals surface area contributed by atoms with Crippen molar-refractivity contribution in [3.8, 4) is 11.5 Å². The van der Waals surface area contributed by atoms with E-state index >= 15 is 0 Å². The average molecular weight is 499 g/mol. The maximum Gasteiger partial charge on any atom is 0.191 e. The number of methoxy groups -OCH3 is 1. The molecule has 0 bridgehead atoms. The summed E-state index contributed by atoms with van der Waals surface area (Å²) < 4.78 is 24.4. The van der Waals surface area contributed by atoms with Gasteiger partial charge in [-0.2, -0.15) is 0 Å². The van der Waals surface area contributed by atoms with E-state index in [0.717, 1.165) is 23.4 Å². The Bertz CT molecular complexity index is 784. The Labute approximate surface area is 183 Å². The Kier molecular flexibility index (Phi) is 11.0. The second kappa shape index (κ2) is 13.0. The first-order chi connectivity index (χ1) is 13.2. The molecule has 0 aliphatic carbocycles. The van der Waals surface area contributed by atoms with Crippen LogP contribution in [0.3, 0.4) is 0 Å². The number of ether oxygens (including phenoxy) is 2. The molecule has 0 unspecified atom stereocenters. The van der Waals surface area contributed by atoms with Gasteiger partial charge in [0.05, 0.1) is 13.7 Å². The fraction of sp³-hybridized carbons (Fsp3) is 0.286. The number of hydrogen-bond donors (Lipinski definition) is 2. The standard InChI is InChI=1S/C21H26FN3O2.HI/c1-4-12-27-19-9-7-6-8-17(19)15-25-21(23-5-2)24-14-16-10-11-20(26-3)18(22)13-16;/h4,6-11,13H,1,5,12,14-15H2,2-3H3,(H2,23,24,25);1H. The maximum atomic E-state index is 13.8. The molecule has 0 saturated carbocycles. The molecule has 0 aliphatic heterocycles. The van der Waals surface area contributed by atoms with E-state index in [9.17, 15) is 4.39 Å². The minimum atomic E-state index is -0.392. The number of guanidine groups is 1. The van der Waals surface area contributed by atoms with Gasteiger partial charge in [-0.1, -0.05) is 36.9 Å². The van der Waals surface area contributed by atoms with Crippen LogP contribution in [0.1, 0.15) is 18.1 Å². The van der Waals surface area contributed by atoms with Crippen molar-refractivity contribution in [3.63, 3.8) is 0 Å². The van der Waals surface area contributed by atoms with E-state index in [0.29, 0.717) is 25.7 Å². The van der Waals surface area contributed by atoms with Gasteiger partial charge in [-0.3, -0.25) is 0 Å². The van der Waals surface area contributed by atoms with Crippen LogP contribution in [0.5, 0.6) is 11.5 Å². The topological polar surface area (TPSA) is 54.9 Å². The molecule has 2 N–H and O–H groups in total. The lowest BCUT2D eigenvalue weighted by Gasteiger charge is -2.14. The highest BCUT2D eigenvalue weighted by atomic mass is 127. The summed E-state index contributed by atoms with van der Waals surface area (Å²) in [5.74, 6) is 1.28. The van der Waals surface area contributed by atoms with E-state index in [4.69, 9.17) is 9.47 Å². The summed E-state index contributed by atoms with van der Waals surface area (Å²) in [6.07, 6.45) is 1.71. The fourth-order valence-electron chi connectivity index (χ4n) is 2.44. The quantitative estimate of drug-likeness (QED) is 0.234. The number of benzene rings is 2. The van der Waals surface area contributed by atoms with Crippen LogP contribution in [0.2, 0.25) is 0 Å². The van der Waals surface area contributed by atoms with Crippen LogP contribution in [0, 0.1) is 5.82 Å². The van der Waals surface area contributed by atoms with Crippen molar-refractivity contribution in [1.29, 1.82) is 0 Å². The minimum absolute atomic E-state index is 0. The van der Waals surface area contributed by atoms with Gasteiger partial charge in [-0.25, -0.2) is 9.38 Å². The van der Waals surface area contributed by atoms with Crippen LogP contribution >= 0.6 is 24.0 Å². The molecule has 0 aromatic heterocycles. The summed E-state index contributed by atoms with van der Waals surface area (Å²) >= 11 is 0. The van der Waals surface area contributed by atoms with Gasteiger partial charge in [-0.15, -0.1) is 24.0 Å². The van der Waals surface area contributed by atoms with Crippen molar-refractivity contribution >= 4 is 29.9 Å². The monoisotopic (exact) mass is 499 g/mol. The van der Waals surface area contributed by atoms with Gasteiger partial charge < -0.3 is 20.1 Å². The van der Waals surface area contributed by atoms with Crippen LogP contribution in [-0.4, -0.2) is 26.2 Å². The Morgan fingerprint density at radius 2 is 1.96 bits per heavy atom. The molecule has 0 spiro atoms. The predicted molar refractivity (Wildman–Crippen MR) is 122 cm³/mol. The van der Waals surface area contributed by atoms with Crippen LogP contribution in [0.15, 0.2) is 60.1 Å². The number of rotatable bonds is 9. The number of nitrogens with zero attached hydrogens (tertiary/aromatic N) is 1. The zero-order valence-corrected chi connectivity index (χ0v) is 18.5. The van der Waals surface area contributed by atoms with E-state index < -0.39 is 5.82 Å². The first kappa shape index (κ1) is 23.7. The molecule has 2 aromatic rings. The first-order valence-electron chi connectivity index (χ1n) is 8.84. The third kappa shape index (κ3) is 7.38. The summed E-state index contributed by atoms with van der Waals surface area (Å²) in [6.45, 7) is 7.74. The van der Waals surface area contributed by atoms with Crippen molar-refractivity contribution in [2.45, 2.75) is 20.0 Å². The Morgan fingerprint density at radius 1 is 1.18 bits per heavy atom. The molecule has 2 rings (SSSR count). The van der Waals surface area contributed by atoms with Crippen molar-refractivity contribution in [2.24, 2.45) is 4.99 Å². The lowest BCUT2D eigenvalue weighted by Crippen LogP contribution is -2.36. The second-order valence-corrected chi connectivity index (χ2v) is 5.73. The minimum Gasteiger partial charge on any atom is -0.494 e. The largest absolute Gasteiger partial charge is 0.494 e. The van der Waals surface area contributed by atoms with Gasteiger partial charge in [0.25, 0.3) is 0 Å². The number of hydrogen-bond acceptors (Lipinski definition) is 3. The van der Waals surface area contributed by atoms with Gasteiger partial charge in [0.15, 0.2) is 17.5 Å². The van der Waals surface area contributed by atoms with Gasteiger partial charge in [0, 0.05) is 18.7 Å². The van der Waals surface area contributed by atoms with E-state index in [1.54, 1.807) is 18.2 Å². The molecule has 0 saturated heterocycles. The summed E-state index contributed by atoms with van der Waals surface area (Å²) in [7, 11) is 1.44. The van der Waals surface area contributed by atoms with Crippen LogP contribution in [-0.2, 0) is 13.1 Å². The molecule has 2 aromatic carbocycles. The van der Waals surface area contributed by atoms with E-state index in [2.05, 4.69) is 22.2 Å². The molecule has 0 atom stereocenters. The number of halogens is 2. The smallest absolute Gasteiger partial charge is 0.191 e. The van der Waals surface area contributed by atoms with Gasteiger partial charge in [-0.05, 0) is 30.7 Å². The van der Waals surface area contributed by atoms with Gasteiger partial charge in [0.1, 0.15) is 12.4 Å². The van der Waals surface area contributed by atoms with Gasteiger partial charge >= 0.3 is 0 Å². The van der Waals surface area contributed by atoms with Crippen molar-refractivity contribution < 1.29 is 13.9 Å². The summed E-state index contributed by atoms with van der Waals surface area (Å²) in [5.41, 5.74) is 1.78. The lowest BCUT2D eigenvalue weighted by atomic mass is 10.2. The lowest BCUT2D eigenvalue weighted by molar-refractivity contribution is 0.358. The van der Waals surface area contributed by atoms with Crippen molar-refractivity contribution in [2.75, 3.05) is 20.3 Å². The first-order valence-corrected chi connectivity index (χ1v) is 8.84. The SMILES string of the molecule is C=CCOc1ccccc1CNC(=NCc1ccc(OC)c(F)c1)NCC.I. The molecule has 152 valence electrons. The number of nitrogens with one attached hydrogen (secondary N) is 2. The van der Waals surface area contributed by atoms with Crippen LogP contribution < -0.4 is 20.1 Å². The third-order valence-electron chi connectivity index (χ3n) is 3.76. The van der Waals surface area contributed by atoms with E-state index in [-0.39, 0.29) is 29.7 Å². The predicted octanol–water partition coefficient (Wildman–Crippen LogP) is 4.27. The Balaban J connectivity index is 0.00000392. The van der Waals surface area contributed by atoms with E-state index in [1.807, 2.05) is 31.2 Å². The molecule has 28 heavy (non-hydrogen) atoms. The molecule has 0 amide bonds. The summed E-state index contributed by atoms with van der Waals surface area (Å²) in [5, 5.41) is 6.46. The highest BCUT2D eigenvalue weighted by molar-refractivity contribution is 14.0. The Morgan fingerprint density at radius 3 is 2.64 bits per heavy atom. The molecule has 0 fully saturated rings. The van der Waals surface area contributed by atoms with Crippen molar-refractivity contribution in [1.82, 2.24) is 10.6 Å². The highest BCUT2D eigenvalue weighted by Crippen LogP contribution is 2.19. The fourth-order valence-corrected chi connectivity index (χ4v) is 2.44. The van der Waals surface area contributed by atoms with Crippen molar-refractivity contribution in [3.05, 3.63) is 72.1 Å². The Hall–Kier alpha value is -2.29. The zero-order chi connectivity index (χ0) is 19.5. The molecular formula is C21H27FIN3O2. The van der Waals surface area contributed by atoms with Crippen LogP contribution in [0.4, 0.5) is 4.39 Å². The second-order valence-electron chi connectivity index (χ2n) is 5.73. The average Bonchev–Trinajstić information content (AvgIpc) is 2.69. The molecule has 0 heterocycles. The summed E-state index contributed by atoms with van der Waals surface area (Å²) in [4.78, 5) is 4.52. The van der Waals surface area contributed by atoms with Gasteiger partial charge in [0.2, 0.25) is 0 Å². The maximum absolute atomic E-state index is 13.8. The third-order valence-corrected chi connectivity index (χ3v) is 3.76.